The van der Waals surface area contributed by atoms with Crippen molar-refractivity contribution in [1.29, 1.82) is 0 Å². The van der Waals surface area contributed by atoms with E-state index in [2.05, 4.69) is 34.7 Å². The number of nitrogens with zero attached hydrogens (tertiary/aromatic N) is 4. The van der Waals surface area contributed by atoms with Gasteiger partial charge >= 0.3 is 12.1 Å². The summed E-state index contributed by atoms with van der Waals surface area (Å²) in [5.41, 5.74) is 0.660. The van der Waals surface area contributed by atoms with Gasteiger partial charge in [0.15, 0.2) is 0 Å². The lowest BCUT2D eigenvalue weighted by Crippen LogP contribution is -2.34. The van der Waals surface area contributed by atoms with Crippen LogP contribution in [0.3, 0.4) is 0 Å². The molecule has 0 radical (unpaired) electrons. The fourth-order valence-electron chi connectivity index (χ4n) is 2.77. The van der Waals surface area contributed by atoms with Crippen molar-refractivity contribution in [3.8, 4) is 11.4 Å². The van der Waals surface area contributed by atoms with E-state index in [-0.39, 0.29) is 23.9 Å². The number of alkyl halides is 3. The molecule has 2 N–H and O–H groups in total. The molecular formula is C18H16F4N6O3S. The molecule has 0 amide bonds. The van der Waals surface area contributed by atoms with Gasteiger partial charge in [-0.2, -0.15) is 18.2 Å². The number of halogens is 4. The molecule has 1 atom stereocenters. The van der Waals surface area contributed by atoms with Gasteiger partial charge in [0.2, 0.25) is 21.8 Å². The zero-order valence-electron chi connectivity index (χ0n) is 16.2. The molecule has 1 aromatic carbocycles. The van der Waals surface area contributed by atoms with Crippen molar-refractivity contribution in [2.24, 2.45) is 0 Å². The van der Waals surface area contributed by atoms with Gasteiger partial charge in [0.25, 0.3) is 0 Å². The number of benzene rings is 1. The quantitative estimate of drug-likeness (QED) is 0.480. The topological polar surface area (TPSA) is 123 Å². The van der Waals surface area contributed by atoms with Gasteiger partial charge in [-0.15, -0.1) is 0 Å². The van der Waals surface area contributed by atoms with Crippen molar-refractivity contribution in [1.82, 2.24) is 24.8 Å². The fourth-order valence-corrected chi connectivity index (χ4v) is 4.16. The SMILES string of the molecule is O=S(=O)(NCC(Nc1ncc(-c2noc(C(F)(F)F)n2)cn1)c1ccc(F)cc1)C1CC1. The van der Waals surface area contributed by atoms with E-state index < -0.39 is 39.2 Å². The number of rotatable bonds is 8. The van der Waals surface area contributed by atoms with Crippen LogP contribution < -0.4 is 10.0 Å². The van der Waals surface area contributed by atoms with Gasteiger partial charge < -0.3 is 9.84 Å². The smallest absolute Gasteiger partial charge is 0.346 e. The molecule has 1 saturated carbocycles. The lowest BCUT2D eigenvalue weighted by Gasteiger charge is -2.20. The Bertz CT molecular complexity index is 1180. The molecule has 32 heavy (non-hydrogen) atoms. The molecule has 14 heteroatoms. The maximum Gasteiger partial charge on any atom is 0.471 e. The van der Waals surface area contributed by atoms with Crippen molar-refractivity contribution >= 4 is 16.0 Å². The zero-order chi connectivity index (χ0) is 22.9. The number of hydrogen-bond donors (Lipinski definition) is 2. The summed E-state index contributed by atoms with van der Waals surface area (Å²) in [5, 5.41) is 5.78. The summed E-state index contributed by atoms with van der Waals surface area (Å²) < 4.78 is 82.2. The number of anilines is 1. The summed E-state index contributed by atoms with van der Waals surface area (Å²) >= 11 is 0. The number of nitrogens with one attached hydrogen (secondary N) is 2. The van der Waals surface area contributed by atoms with Crippen molar-refractivity contribution in [3.05, 3.63) is 53.9 Å². The predicted octanol–water partition coefficient (Wildman–Crippen LogP) is 2.92. The average Bonchev–Trinajstić information content (AvgIpc) is 3.49. The summed E-state index contributed by atoms with van der Waals surface area (Å²) in [6, 6.07) is 4.81. The molecule has 4 rings (SSSR count). The first kappa shape index (κ1) is 22.1. The summed E-state index contributed by atoms with van der Waals surface area (Å²) in [4.78, 5) is 11.3. The highest BCUT2D eigenvalue weighted by Crippen LogP contribution is 2.30. The Morgan fingerprint density at radius 1 is 1.12 bits per heavy atom. The Hall–Kier alpha value is -3.13. The van der Waals surface area contributed by atoms with Crippen molar-refractivity contribution in [2.75, 3.05) is 11.9 Å². The van der Waals surface area contributed by atoms with Crippen LogP contribution in [-0.4, -0.2) is 40.3 Å². The van der Waals surface area contributed by atoms with Crippen LogP contribution in [0.2, 0.25) is 0 Å². The van der Waals surface area contributed by atoms with Gasteiger partial charge in [0.05, 0.1) is 16.9 Å². The van der Waals surface area contributed by atoms with Gasteiger partial charge in [0.1, 0.15) is 5.82 Å². The van der Waals surface area contributed by atoms with Gasteiger partial charge in [-0.1, -0.05) is 17.3 Å². The molecular weight excluding hydrogens is 456 g/mol. The molecule has 2 heterocycles. The van der Waals surface area contributed by atoms with E-state index in [4.69, 9.17) is 0 Å². The number of hydrogen-bond acceptors (Lipinski definition) is 8. The van der Waals surface area contributed by atoms with Crippen LogP contribution >= 0.6 is 0 Å². The third-order valence-corrected chi connectivity index (χ3v) is 6.52. The first-order chi connectivity index (χ1) is 15.1. The highest BCUT2D eigenvalue weighted by Gasteiger charge is 2.38. The van der Waals surface area contributed by atoms with Crippen LogP contribution in [0.4, 0.5) is 23.5 Å². The van der Waals surface area contributed by atoms with E-state index in [1.54, 1.807) is 0 Å². The Labute approximate surface area is 179 Å². The average molecular weight is 472 g/mol. The van der Waals surface area contributed by atoms with Crippen molar-refractivity contribution in [2.45, 2.75) is 30.3 Å². The van der Waals surface area contributed by atoms with Crippen LogP contribution in [0, 0.1) is 5.82 Å². The molecule has 1 fully saturated rings. The van der Waals surface area contributed by atoms with E-state index >= 15 is 0 Å². The summed E-state index contributed by atoms with van der Waals surface area (Å²) in [5.74, 6) is -2.22. The number of sulfonamides is 1. The van der Waals surface area contributed by atoms with Gasteiger partial charge in [-0.05, 0) is 30.5 Å². The second-order valence-corrected chi connectivity index (χ2v) is 9.10. The minimum Gasteiger partial charge on any atom is -0.346 e. The second-order valence-electron chi connectivity index (χ2n) is 7.06. The normalized spacial score (nSPS) is 15.5. The Morgan fingerprint density at radius 2 is 1.78 bits per heavy atom. The van der Waals surface area contributed by atoms with E-state index in [0.29, 0.717) is 18.4 Å². The fraction of sp³-hybridized carbons (Fsp3) is 0.333. The first-order valence-corrected chi connectivity index (χ1v) is 10.9. The highest BCUT2D eigenvalue weighted by molar-refractivity contribution is 7.90. The minimum absolute atomic E-state index is 0.0463. The monoisotopic (exact) mass is 472 g/mol. The number of aromatic nitrogens is 4. The first-order valence-electron chi connectivity index (χ1n) is 9.35. The molecule has 1 aliphatic rings. The van der Waals surface area contributed by atoms with Crippen LogP contribution in [0.1, 0.15) is 30.3 Å². The third kappa shape index (κ3) is 5.19. The van der Waals surface area contributed by atoms with Gasteiger partial charge in [-0.25, -0.2) is 27.5 Å². The van der Waals surface area contributed by atoms with Crippen molar-refractivity contribution in [3.63, 3.8) is 0 Å². The third-order valence-electron chi connectivity index (χ3n) is 4.61. The molecule has 0 saturated heterocycles. The largest absolute Gasteiger partial charge is 0.471 e. The van der Waals surface area contributed by atoms with E-state index in [9.17, 15) is 26.0 Å². The Balaban J connectivity index is 1.51. The van der Waals surface area contributed by atoms with E-state index in [0.717, 1.165) is 0 Å². The molecule has 170 valence electrons. The summed E-state index contributed by atoms with van der Waals surface area (Å²) in [6.07, 6.45) is -1.20. The molecule has 3 aromatic rings. The highest BCUT2D eigenvalue weighted by atomic mass is 32.2. The molecule has 2 aromatic heterocycles. The Morgan fingerprint density at radius 3 is 2.34 bits per heavy atom. The van der Waals surface area contributed by atoms with E-state index in [1.165, 1.54) is 36.7 Å². The van der Waals surface area contributed by atoms with Crippen LogP contribution in [-0.2, 0) is 16.2 Å². The van der Waals surface area contributed by atoms with Crippen molar-refractivity contribution < 1.29 is 30.5 Å². The van der Waals surface area contributed by atoms with Gasteiger partial charge in [0, 0.05) is 18.9 Å². The summed E-state index contributed by atoms with van der Waals surface area (Å²) in [6.45, 7) is -0.0463. The zero-order valence-corrected chi connectivity index (χ0v) is 17.0. The van der Waals surface area contributed by atoms with Crippen LogP contribution in [0.25, 0.3) is 11.4 Å². The Kier molecular flexibility index (Phi) is 5.81. The lowest BCUT2D eigenvalue weighted by atomic mass is 10.1. The molecule has 0 spiro atoms. The maximum absolute atomic E-state index is 13.3. The van der Waals surface area contributed by atoms with Crippen LogP contribution in [0.5, 0.6) is 0 Å². The predicted molar refractivity (Wildman–Crippen MR) is 103 cm³/mol. The lowest BCUT2D eigenvalue weighted by molar-refractivity contribution is -0.159. The second kappa shape index (κ2) is 8.43. The maximum atomic E-state index is 13.3. The molecule has 1 aliphatic carbocycles. The van der Waals surface area contributed by atoms with Gasteiger partial charge in [-0.3, -0.25) is 0 Å². The molecule has 0 aliphatic heterocycles. The molecule has 0 bridgehead atoms. The van der Waals surface area contributed by atoms with E-state index in [1.807, 2.05) is 0 Å². The van der Waals surface area contributed by atoms with Crippen LogP contribution in [0.15, 0.2) is 41.2 Å². The molecule has 9 nitrogen and oxygen atoms in total. The summed E-state index contributed by atoms with van der Waals surface area (Å²) in [7, 11) is -3.47. The molecule has 1 unspecified atom stereocenters. The minimum atomic E-state index is -4.77. The standard InChI is InChI=1S/C18H16F4N6O3S/c19-12-3-1-10(2-4-12)14(9-25-32(29,30)13-5-6-13)26-17-23-7-11(8-24-17)15-27-16(31-28-15)18(20,21)22/h1-4,7-8,13-14,25H,5-6,9H2,(H,23,24,26).